The van der Waals surface area contributed by atoms with Crippen molar-refractivity contribution in [2.45, 2.75) is 57.0 Å². The molecule has 2 fully saturated rings. The van der Waals surface area contributed by atoms with Crippen molar-refractivity contribution in [3.63, 3.8) is 0 Å². The number of aromatic carboxylic acids is 1. The smallest absolute Gasteiger partial charge is 0.335 e. The van der Waals surface area contributed by atoms with Crippen LogP contribution in [0.25, 0.3) is 22.2 Å². The summed E-state index contributed by atoms with van der Waals surface area (Å²) in [7, 11) is 2.26. The fourth-order valence-electron chi connectivity index (χ4n) is 6.84. The number of anilines is 1. The van der Waals surface area contributed by atoms with Crippen LogP contribution in [0.2, 0.25) is 0 Å². The Morgan fingerprint density at radius 3 is 2.69 bits per heavy atom. The second-order valence-corrected chi connectivity index (χ2v) is 10.9. The van der Waals surface area contributed by atoms with Crippen molar-refractivity contribution in [3.8, 4) is 11.3 Å². The highest BCUT2D eigenvalue weighted by Gasteiger charge is 2.30. The molecule has 0 bridgehead atoms. The Kier molecular flexibility index (Phi) is 6.48. The van der Waals surface area contributed by atoms with Gasteiger partial charge in [-0.3, -0.25) is 0 Å². The summed E-state index contributed by atoms with van der Waals surface area (Å²) in [5.74, 6) is -0.319. The van der Waals surface area contributed by atoms with Crippen LogP contribution in [0, 0.1) is 0 Å². The first kappa shape index (κ1) is 23.6. The molecular formula is C30H38N4O2. The van der Waals surface area contributed by atoms with Crippen molar-refractivity contribution in [2.75, 3.05) is 44.7 Å². The predicted octanol–water partition coefficient (Wildman–Crippen LogP) is 5.17. The first-order valence-corrected chi connectivity index (χ1v) is 13.8. The lowest BCUT2D eigenvalue weighted by atomic mass is 9.81. The van der Waals surface area contributed by atoms with Crippen LogP contribution >= 0.6 is 0 Å². The summed E-state index contributed by atoms with van der Waals surface area (Å²) in [5.41, 5.74) is 6.84. The molecule has 190 valence electrons. The molecule has 1 atom stereocenters. The molecule has 0 spiro atoms. The third-order valence-electron chi connectivity index (χ3n) is 8.84. The van der Waals surface area contributed by atoms with E-state index < -0.39 is 5.97 Å². The number of carbonyl (C=O) groups is 1. The standard InChI is InChI=1S/C30H38N4O2/c1-32(23-13-14-31-20-23)15-16-33-17-18-34-27-19-22(30(35)36)11-12-24(27)28(21-7-3-2-4-8-21)29(34)25-9-5-6-10-26(25)33/h5-6,9-12,19,21,23,31H,2-4,7-8,13-18,20H2,1H3,(H,35,36). The van der Waals surface area contributed by atoms with E-state index in [2.05, 4.69) is 57.1 Å². The molecule has 6 heteroatoms. The molecule has 6 rings (SSSR count). The van der Waals surface area contributed by atoms with E-state index in [4.69, 9.17) is 0 Å². The van der Waals surface area contributed by atoms with Crippen LogP contribution in [0.4, 0.5) is 5.69 Å². The van der Waals surface area contributed by atoms with Gasteiger partial charge < -0.3 is 24.8 Å². The van der Waals surface area contributed by atoms with Gasteiger partial charge in [0.2, 0.25) is 0 Å². The Morgan fingerprint density at radius 2 is 1.92 bits per heavy atom. The van der Waals surface area contributed by atoms with Gasteiger partial charge in [0, 0.05) is 60.9 Å². The maximum atomic E-state index is 11.9. The van der Waals surface area contributed by atoms with E-state index in [1.165, 1.54) is 66.4 Å². The van der Waals surface area contributed by atoms with E-state index in [0.717, 1.165) is 44.8 Å². The number of aromatic nitrogens is 1. The molecule has 1 unspecified atom stereocenters. The van der Waals surface area contributed by atoms with Crippen LogP contribution in [0.15, 0.2) is 42.5 Å². The zero-order chi connectivity index (χ0) is 24.6. The number of benzene rings is 2. The normalized spacial score (nSPS) is 20.5. The van der Waals surface area contributed by atoms with Crippen molar-refractivity contribution in [1.29, 1.82) is 0 Å². The first-order valence-electron chi connectivity index (χ1n) is 13.8. The maximum Gasteiger partial charge on any atom is 0.335 e. The topological polar surface area (TPSA) is 60.7 Å². The SMILES string of the molecule is CN(CCN1CCn2c(c(C3CCCCC3)c3ccc(C(=O)O)cc32)-c2ccccc21)C1CCNC1. The molecule has 0 radical (unpaired) electrons. The lowest BCUT2D eigenvalue weighted by molar-refractivity contribution is 0.0697. The summed E-state index contributed by atoms with van der Waals surface area (Å²) in [6.45, 7) is 6.02. The zero-order valence-electron chi connectivity index (χ0n) is 21.4. The van der Waals surface area contributed by atoms with Crippen molar-refractivity contribution >= 4 is 22.6 Å². The highest BCUT2D eigenvalue weighted by atomic mass is 16.4. The van der Waals surface area contributed by atoms with Crippen molar-refractivity contribution < 1.29 is 9.90 Å². The lowest BCUT2D eigenvalue weighted by Crippen LogP contribution is -2.40. The summed E-state index contributed by atoms with van der Waals surface area (Å²) in [6.07, 6.45) is 7.54. The summed E-state index contributed by atoms with van der Waals surface area (Å²) >= 11 is 0. The van der Waals surface area contributed by atoms with Crippen molar-refractivity contribution in [3.05, 3.63) is 53.6 Å². The second-order valence-electron chi connectivity index (χ2n) is 10.9. The predicted molar refractivity (Wildman–Crippen MR) is 146 cm³/mol. The van der Waals surface area contributed by atoms with Gasteiger partial charge in [-0.1, -0.05) is 43.5 Å². The fraction of sp³-hybridized carbons (Fsp3) is 0.500. The van der Waals surface area contributed by atoms with Gasteiger partial charge in [-0.2, -0.15) is 0 Å². The molecular weight excluding hydrogens is 448 g/mol. The van der Waals surface area contributed by atoms with Gasteiger partial charge in [0.25, 0.3) is 0 Å². The minimum atomic E-state index is -0.855. The average Bonchev–Trinajstić information content (AvgIpc) is 3.52. The lowest BCUT2D eigenvalue weighted by Gasteiger charge is -2.30. The highest BCUT2D eigenvalue weighted by Crippen LogP contribution is 2.47. The molecule has 1 aromatic heterocycles. The molecule has 1 saturated carbocycles. The summed E-state index contributed by atoms with van der Waals surface area (Å²) in [6, 6.07) is 15.3. The summed E-state index contributed by atoms with van der Waals surface area (Å²) < 4.78 is 2.44. The number of carboxylic acids is 1. The Balaban J connectivity index is 1.44. The third-order valence-corrected chi connectivity index (χ3v) is 8.84. The van der Waals surface area contributed by atoms with E-state index in [1.54, 1.807) is 6.07 Å². The van der Waals surface area contributed by atoms with Gasteiger partial charge in [0.05, 0.1) is 11.3 Å². The third kappa shape index (κ3) is 4.20. The average molecular weight is 487 g/mol. The van der Waals surface area contributed by atoms with Crippen LogP contribution in [-0.2, 0) is 6.54 Å². The quantitative estimate of drug-likeness (QED) is 0.504. The van der Waals surface area contributed by atoms with Gasteiger partial charge >= 0.3 is 5.97 Å². The van der Waals surface area contributed by atoms with Crippen LogP contribution in [0.5, 0.6) is 0 Å². The maximum absolute atomic E-state index is 11.9. The Labute approximate surface area is 213 Å². The number of nitrogens with one attached hydrogen (secondary N) is 1. The number of hydrogen-bond donors (Lipinski definition) is 2. The Morgan fingerprint density at radius 1 is 1.08 bits per heavy atom. The van der Waals surface area contributed by atoms with Crippen LogP contribution in [0.1, 0.15) is 60.4 Å². The van der Waals surface area contributed by atoms with Gasteiger partial charge in [0.15, 0.2) is 0 Å². The van der Waals surface area contributed by atoms with E-state index in [1.807, 2.05) is 6.07 Å². The van der Waals surface area contributed by atoms with Crippen molar-refractivity contribution in [2.24, 2.45) is 0 Å². The van der Waals surface area contributed by atoms with Crippen LogP contribution in [-0.4, -0.2) is 66.4 Å². The Bertz CT molecular complexity index is 1250. The number of nitrogens with zero attached hydrogens (tertiary/aromatic N) is 3. The minimum absolute atomic E-state index is 0.374. The van der Waals surface area contributed by atoms with E-state index in [9.17, 15) is 9.90 Å². The van der Waals surface area contributed by atoms with Gasteiger partial charge in [-0.25, -0.2) is 4.79 Å². The Hall–Kier alpha value is -2.83. The zero-order valence-corrected chi connectivity index (χ0v) is 21.4. The van der Waals surface area contributed by atoms with Crippen LogP contribution in [0.3, 0.4) is 0 Å². The molecule has 0 amide bonds. The number of likely N-dealkylation sites (N-methyl/N-ethyl adjacent to an activating group) is 1. The molecule has 6 nitrogen and oxygen atoms in total. The van der Waals surface area contributed by atoms with Gasteiger partial charge in [0.1, 0.15) is 0 Å². The molecule has 2 aromatic carbocycles. The van der Waals surface area contributed by atoms with Crippen LogP contribution < -0.4 is 10.2 Å². The van der Waals surface area contributed by atoms with Gasteiger partial charge in [-0.05, 0) is 62.5 Å². The highest BCUT2D eigenvalue weighted by molar-refractivity contribution is 5.99. The molecule has 36 heavy (non-hydrogen) atoms. The fourth-order valence-corrected chi connectivity index (χ4v) is 6.84. The summed E-state index contributed by atoms with van der Waals surface area (Å²) in [4.78, 5) is 16.9. The van der Waals surface area contributed by atoms with E-state index in [0.29, 0.717) is 17.5 Å². The van der Waals surface area contributed by atoms with E-state index >= 15 is 0 Å². The molecule has 3 aromatic rings. The second kappa shape index (κ2) is 9.91. The molecule has 1 saturated heterocycles. The minimum Gasteiger partial charge on any atom is -0.478 e. The van der Waals surface area contributed by atoms with E-state index in [-0.39, 0.29) is 0 Å². The number of rotatable bonds is 6. The number of fused-ring (bicyclic) bond motifs is 5. The van der Waals surface area contributed by atoms with Crippen molar-refractivity contribution in [1.82, 2.24) is 14.8 Å². The number of carboxylic acid groups (broad SMARTS) is 1. The monoisotopic (exact) mass is 486 g/mol. The number of hydrogen-bond acceptors (Lipinski definition) is 4. The van der Waals surface area contributed by atoms with Gasteiger partial charge in [-0.15, -0.1) is 0 Å². The molecule has 1 aliphatic carbocycles. The number of para-hydroxylation sites is 1. The molecule has 2 N–H and O–H groups in total. The largest absolute Gasteiger partial charge is 0.478 e. The summed E-state index contributed by atoms with van der Waals surface area (Å²) in [5, 5.41) is 14.5. The molecule has 3 heterocycles. The molecule has 2 aliphatic heterocycles. The first-order chi connectivity index (χ1) is 17.6. The molecule has 3 aliphatic rings.